The first-order valence-electron chi connectivity index (χ1n) is 14.8. The second-order valence-corrected chi connectivity index (χ2v) is 12.1. The molecule has 0 atom stereocenters. The molecular weight excluding hydrogens is 569 g/mol. The molecule has 4 nitrogen and oxygen atoms in total. The molecule has 0 spiro atoms. The topological polar surface area (TPSA) is 67.2 Å². The van der Waals surface area contributed by atoms with Gasteiger partial charge in [0.1, 0.15) is 5.84 Å². The Morgan fingerprint density at radius 3 is 2.20 bits per heavy atom. The number of aromatic nitrogens is 1. The van der Waals surface area contributed by atoms with Crippen molar-refractivity contribution in [2.45, 2.75) is 0 Å². The Morgan fingerprint density at radius 2 is 1.40 bits per heavy atom. The SMILES string of the molecule is C=C/C=C(\C=C)C(=N)N=C(N)c1cccc(-n2c3ccccc3c3c4ccc5c(ccc6sc7ccccc7c65)c4ccc32)c1. The third-order valence-electron chi connectivity index (χ3n) is 8.59. The lowest BCUT2D eigenvalue weighted by molar-refractivity contribution is 1.18. The minimum atomic E-state index is 0.0380. The van der Waals surface area contributed by atoms with Gasteiger partial charge in [-0.3, -0.25) is 5.41 Å². The van der Waals surface area contributed by atoms with E-state index in [9.17, 15) is 0 Å². The smallest absolute Gasteiger partial charge is 0.154 e. The first-order chi connectivity index (χ1) is 22.1. The second kappa shape index (κ2) is 10.4. The maximum atomic E-state index is 8.39. The number of amidine groups is 2. The summed E-state index contributed by atoms with van der Waals surface area (Å²) < 4.78 is 4.92. The molecule has 6 aromatic carbocycles. The fourth-order valence-corrected chi connectivity index (χ4v) is 7.74. The number of aliphatic imine (C=N–C) groups is 1. The van der Waals surface area contributed by atoms with Crippen LogP contribution in [-0.2, 0) is 0 Å². The number of nitrogens with one attached hydrogen (secondary N) is 1. The van der Waals surface area contributed by atoms with Crippen LogP contribution in [-0.4, -0.2) is 16.2 Å². The fourth-order valence-electron chi connectivity index (χ4n) is 6.62. The molecule has 0 unspecified atom stereocenters. The molecule has 0 aliphatic rings. The molecule has 45 heavy (non-hydrogen) atoms. The van der Waals surface area contributed by atoms with E-state index in [-0.39, 0.29) is 11.7 Å². The third-order valence-corrected chi connectivity index (χ3v) is 9.73. The lowest BCUT2D eigenvalue weighted by Crippen LogP contribution is -2.16. The van der Waals surface area contributed by atoms with Gasteiger partial charge in [-0.15, -0.1) is 11.3 Å². The summed E-state index contributed by atoms with van der Waals surface area (Å²) >= 11 is 1.85. The lowest BCUT2D eigenvalue weighted by atomic mass is 9.96. The number of para-hydroxylation sites is 1. The van der Waals surface area contributed by atoms with Crippen molar-refractivity contribution in [1.82, 2.24) is 4.57 Å². The number of fused-ring (bicyclic) bond motifs is 11. The average Bonchev–Trinajstić information content (AvgIpc) is 3.63. The van der Waals surface area contributed by atoms with Gasteiger partial charge in [0.05, 0.1) is 11.0 Å². The van der Waals surface area contributed by atoms with E-state index in [0.717, 1.165) is 22.3 Å². The zero-order valence-electron chi connectivity index (χ0n) is 24.4. The Balaban J connectivity index is 1.35. The number of hydrogen-bond acceptors (Lipinski definition) is 2. The molecule has 0 aliphatic heterocycles. The van der Waals surface area contributed by atoms with Crippen LogP contribution in [0.4, 0.5) is 0 Å². The van der Waals surface area contributed by atoms with Crippen LogP contribution in [0, 0.1) is 5.41 Å². The van der Waals surface area contributed by atoms with Crippen molar-refractivity contribution in [3.8, 4) is 5.69 Å². The van der Waals surface area contributed by atoms with E-state index in [2.05, 4.69) is 114 Å². The highest BCUT2D eigenvalue weighted by Gasteiger charge is 2.17. The number of nitrogens with two attached hydrogens (primary N) is 1. The largest absolute Gasteiger partial charge is 0.383 e. The monoisotopic (exact) mass is 596 g/mol. The quantitative estimate of drug-likeness (QED) is 0.0882. The molecule has 214 valence electrons. The van der Waals surface area contributed by atoms with E-state index in [1.165, 1.54) is 52.5 Å². The predicted octanol–water partition coefficient (Wildman–Crippen LogP) is 10.4. The van der Waals surface area contributed by atoms with Gasteiger partial charge in [0.2, 0.25) is 0 Å². The van der Waals surface area contributed by atoms with Gasteiger partial charge in [-0.25, -0.2) is 4.99 Å². The van der Waals surface area contributed by atoms with Gasteiger partial charge in [0.15, 0.2) is 5.84 Å². The average molecular weight is 597 g/mol. The molecule has 0 fully saturated rings. The molecule has 3 N–H and O–H groups in total. The second-order valence-electron chi connectivity index (χ2n) is 11.1. The van der Waals surface area contributed by atoms with Crippen molar-refractivity contribution >= 4 is 86.5 Å². The standard InChI is InChI=1S/C40H28N4S/c1-3-10-24(4-2)39(41)43-40(42)25-11-9-12-26(23-25)44-33-15-7-5-13-31(33)37-29-17-18-30-28(27(29)19-21-34(37)44)20-22-36-38(30)32-14-6-8-16-35(32)45-36/h3-23H,1-2H2,(H3,41,42,43)/b24-10+. The summed E-state index contributed by atoms with van der Waals surface area (Å²) in [6.45, 7) is 7.49. The number of thiophene rings is 1. The summed E-state index contributed by atoms with van der Waals surface area (Å²) in [7, 11) is 0. The van der Waals surface area contributed by atoms with Crippen molar-refractivity contribution < 1.29 is 0 Å². The van der Waals surface area contributed by atoms with Crippen LogP contribution in [0.2, 0.25) is 0 Å². The first kappa shape index (κ1) is 26.8. The van der Waals surface area contributed by atoms with E-state index >= 15 is 0 Å². The number of allylic oxidation sites excluding steroid dienone is 2. The molecule has 5 heteroatoms. The van der Waals surface area contributed by atoms with Gasteiger partial charge >= 0.3 is 0 Å². The highest BCUT2D eigenvalue weighted by atomic mass is 32.1. The predicted molar refractivity (Wildman–Crippen MR) is 196 cm³/mol. The van der Waals surface area contributed by atoms with Gasteiger partial charge in [0, 0.05) is 47.8 Å². The Labute approximate surface area is 263 Å². The van der Waals surface area contributed by atoms with Gasteiger partial charge in [0.25, 0.3) is 0 Å². The molecule has 2 heterocycles. The molecule has 2 aromatic heterocycles. The van der Waals surface area contributed by atoms with Gasteiger partial charge < -0.3 is 10.3 Å². The zero-order chi connectivity index (χ0) is 30.7. The maximum Gasteiger partial charge on any atom is 0.154 e. The fraction of sp³-hybridized carbons (Fsp3) is 0. The highest BCUT2D eigenvalue weighted by Crippen LogP contribution is 2.43. The number of hydrogen-bond donors (Lipinski definition) is 2. The molecule has 0 radical (unpaired) electrons. The van der Waals surface area contributed by atoms with Crippen molar-refractivity contribution in [2.75, 3.05) is 0 Å². The van der Waals surface area contributed by atoms with E-state index in [1.54, 1.807) is 18.2 Å². The highest BCUT2D eigenvalue weighted by molar-refractivity contribution is 7.26. The van der Waals surface area contributed by atoms with E-state index in [0.29, 0.717) is 5.57 Å². The lowest BCUT2D eigenvalue weighted by Gasteiger charge is -2.11. The third kappa shape index (κ3) is 4.13. The summed E-state index contributed by atoms with van der Waals surface area (Å²) in [5.74, 6) is 0.305. The van der Waals surface area contributed by atoms with Crippen LogP contribution >= 0.6 is 11.3 Å². The van der Waals surface area contributed by atoms with E-state index in [1.807, 2.05) is 29.5 Å². The number of benzene rings is 6. The van der Waals surface area contributed by atoms with Crippen LogP contribution in [0.3, 0.4) is 0 Å². The Morgan fingerprint density at radius 1 is 0.689 bits per heavy atom. The van der Waals surface area contributed by atoms with Gasteiger partial charge in [-0.05, 0) is 57.9 Å². The first-order valence-corrected chi connectivity index (χ1v) is 15.6. The number of nitrogens with zero attached hydrogens (tertiary/aromatic N) is 2. The molecule has 0 saturated heterocycles. The Kier molecular flexibility index (Phi) is 6.22. The molecule has 0 amide bonds. The zero-order valence-corrected chi connectivity index (χ0v) is 25.2. The van der Waals surface area contributed by atoms with E-state index < -0.39 is 0 Å². The molecule has 8 aromatic rings. The minimum Gasteiger partial charge on any atom is -0.383 e. The van der Waals surface area contributed by atoms with E-state index in [4.69, 9.17) is 11.1 Å². The summed E-state index contributed by atoms with van der Waals surface area (Å²) in [6, 6.07) is 38.9. The molecule has 0 bridgehead atoms. The minimum absolute atomic E-state index is 0.0380. The van der Waals surface area contributed by atoms with Crippen LogP contribution in [0.1, 0.15) is 5.56 Å². The maximum absolute atomic E-state index is 8.39. The van der Waals surface area contributed by atoms with Crippen molar-refractivity contribution in [3.63, 3.8) is 0 Å². The van der Waals surface area contributed by atoms with Crippen LogP contribution < -0.4 is 5.73 Å². The molecule has 0 saturated carbocycles. The molecule has 0 aliphatic carbocycles. The Hall–Kier alpha value is -5.78. The van der Waals surface area contributed by atoms with Crippen LogP contribution in [0.5, 0.6) is 0 Å². The van der Waals surface area contributed by atoms with Crippen LogP contribution in [0.25, 0.3) is 69.2 Å². The molecular formula is C40H28N4S. The summed E-state index contributed by atoms with van der Waals surface area (Å²) in [5.41, 5.74) is 10.9. The summed E-state index contributed by atoms with van der Waals surface area (Å²) in [5, 5.41) is 18.5. The summed E-state index contributed by atoms with van der Waals surface area (Å²) in [6.07, 6.45) is 4.88. The number of rotatable bonds is 5. The molecule has 8 rings (SSSR count). The van der Waals surface area contributed by atoms with Crippen molar-refractivity contribution in [2.24, 2.45) is 10.7 Å². The van der Waals surface area contributed by atoms with Crippen molar-refractivity contribution in [3.05, 3.63) is 152 Å². The summed E-state index contributed by atoms with van der Waals surface area (Å²) in [4.78, 5) is 4.37. The van der Waals surface area contributed by atoms with Crippen LogP contribution in [0.15, 0.2) is 151 Å². The van der Waals surface area contributed by atoms with Gasteiger partial charge in [-0.2, -0.15) is 0 Å². The Bertz CT molecular complexity index is 2610. The van der Waals surface area contributed by atoms with Gasteiger partial charge in [-0.1, -0.05) is 104 Å². The van der Waals surface area contributed by atoms with Crippen molar-refractivity contribution in [1.29, 1.82) is 5.41 Å². The normalized spacial score (nSPS) is 12.6.